The maximum absolute atomic E-state index is 11.1. The standard InChI is InChI=1S/C14H21N3O2S/c1-15(2)13-9-16(10-14(13)20-3)8-11-6-4-5-7-12(11)17(18)19/h4-7,13-14H,8-10H2,1-3H3/t13-,14-/m0/s1. The van der Waals surface area contributed by atoms with E-state index in [9.17, 15) is 10.1 Å². The molecule has 6 heteroatoms. The molecule has 0 aliphatic carbocycles. The van der Waals surface area contributed by atoms with E-state index in [1.165, 1.54) is 0 Å². The van der Waals surface area contributed by atoms with Gasteiger partial charge in [-0.2, -0.15) is 11.8 Å². The number of rotatable bonds is 5. The van der Waals surface area contributed by atoms with Gasteiger partial charge in [0.15, 0.2) is 0 Å². The molecule has 1 aromatic carbocycles. The van der Waals surface area contributed by atoms with E-state index in [4.69, 9.17) is 0 Å². The highest BCUT2D eigenvalue weighted by Gasteiger charge is 2.34. The molecule has 0 aromatic heterocycles. The molecule has 0 unspecified atom stereocenters. The van der Waals surface area contributed by atoms with Crippen molar-refractivity contribution in [2.24, 2.45) is 0 Å². The van der Waals surface area contributed by atoms with Crippen LogP contribution in [0, 0.1) is 10.1 Å². The summed E-state index contributed by atoms with van der Waals surface area (Å²) >= 11 is 1.88. The number of likely N-dealkylation sites (tertiary alicyclic amines) is 1. The number of benzene rings is 1. The molecule has 1 aliphatic heterocycles. The second-order valence-corrected chi connectivity index (χ2v) is 6.46. The van der Waals surface area contributed by atoms with Crippen LogP contribution >= 0.6 is 11.8 Å². The molecular weight excluding hydrogens is 274 g/mol. The number of hydrogen-bond acceptors (Lipinski definition) is 5. The molecule has 0 saturated carbocycles. The molecule has 0 amide bonds. The molecule has 1 saturated heterocycles. The zero-order valence-corrected chi connectivity index (χ0v) is 13.0. The van der Waals surface area contributed by atoms with Gasteiger partial charge in [0.05, 0.1) is 4.92 Å². The van der Waals surface area contributed by atoms with E-state index in [-0.39, 0.29) is 10.6 Å². The molecule has 2 rings (SSSR count). The lowest BCUT2D eigenvalue weighted by Gasteiger charge is -2.23. The third kappa shape index (κ3) is 3.31. The Bertz CT molecular complexity index is 481. The van der Waals surface area contributed by atoms with Gasteiger partial charge in [0.25, 0.3) is 5.69 Å². The molecule has 0 radical (unpaired) electrons. The predicted molar refractivity (Wildman–Crippen MR) is 83.2 cm³/mol. The monoisotopic (exact) mass is 295 g/mol. The summed E-state index contributed by atoms with van der Waals surface area (Å²) in [5.41, 5.74) is 1.03. The summed E-state index contributed by atoms with van der Waals surface area (Å²) in [5.74, 6) is 0. The maximum Gasteiger partial charge on any atom is 0.273 e. The lowest BCUT2D eigenvalue weighted by atomic mass is 10.1. The van der Waals surface area contributed by atoms with E-state index in [2.05, 4.69) is 30.2 Å². The number of likely N-dealkylation sites (N-methyl/N-ethyl adjacent to an activating group) is 1. The average Bonchev–Trinajstić information content (AvgIpc) is 2.82. The first-order valence-electron chi connectivity index (χ1n) is 6.66. The number of thioether (sulfide) groups is 1. The van der Waals surface area contributed by atoms with E-state index in [1.54, 1.807) is 12.1 Å². The van der Waals surface area contributed by atoms with Gasteiger partial charge in [0, 0.05) is 42.6 Å². The highest BCUT2D eigenvalue weighted by molar-refractivity contribution is 7.99. The largest absolute Gasteiger partial charge is 0.304 e. The van der Waals surface area contributed by atoms with Gasteiger partial charge in [0.2, 0.25) is 0 Å². The predicted octanol–water partition coefficient (Wildman–Crippen LogP) is 2.07. The van der Waals surface area contributed by atoms with E-state index >= 15 is 0 Å². The Kier molecular flexibility index (Phi) is 5.01. The van der Waals surface area contributed by atoms with Crippen molar-refractivity contribution >= 4 is 17.4 Å². The number of nitro groups is 1. The van der Waals surface area contributed by atoms with Crippen molar-refractivity contribution in [3.8, 4) is 0 Å². The van der Waals surface area contributed by atoms with Gasteiger partial charge in [-0.15, -0.1) is 0 Å². The molecule has 110 valence electrons. The molecule has 1 heterocycles. The van der Waals surface area contributed by atoms with Gasteiger partial charge in [-0.25, -0.2) is 0 Å². The lowest BCUT2D eigenvalue weighted by molar-refractivity contribution is -0.385. The van der Waals surface area contributed by atoms with E-state index in [0.717, 1.165) is 18.7 Å². The van der Waals surface area contributed by atoms with Crippen LogP contribution in [0.4, 0.5) is 5.69 Å². The summed E-state index contributed by atoms with van der Waals surface area (Å²) in [6.07, 6.45) is 2.13. The third-order valence-electron chi connectivity index (χ3n) is 3.86. The summed E-state index contributed by atoms with van der Waals surface area (Å²) in [5, 5.41) is 11.6. The van der Waals surface area contributed by atoms with Crippen molar-refractivity contribution in [1.29, 1.82) is 0 Å². The van der Waals surface area contributed by atoms with Gasteiger partial charge in [-0.05, 0) is 20.4 Å². The molecule has 5 nitrogen and oxygen atoms in total. The lowest BCUT2D eigenvalue weighted by Crippen LogP contribution is -2.36. The van der Waals surface area contributed by atoms with Crippen LogP contribution in [0.1, 0.15) is 5.56 Å². The van der Waals surface area contributed by atoms with Crippen LogP contribution in [-0.4, -0.2) is 59.5 Å². The van der Waals surface area contributed by atoms with Crippen LogP contribution in [-0.2, 0) is 6.54 Å². The van der Waals surface area contributed by atoms with Crippen molar-refractivity contribution in [2.45, 2.75) is 17.8 Å². The Morgan fingerprint density at radius 2 is 2.10 bits per heavy atom. The first-order chi connectivity index (χ1) is 9.52. The second-order valence-electron chi connectivity index (χ2n) is 5.39. The van der Waals surface area contributed by atoms with Crippen molar-refractivity contribution in [3.63, 3.8) is 0 Å². The molecule has 1 aliphatic rings. The Morgan fingerprint density at radius 1 is 1.40 bits per heavy atom. The molecule has 2 atom stereocenters. The fraction of sp³-hybridized carbons (Fsp3) is 0.571. The summed E-state index contributed by atoms with van der Waals surface area (Å²) in [6, 6.07) is 7.54. The normalized spacial score (nSPS) is 23.4. The Morgan fingerprint density at radius 3 is 2.65 bits per heavy atom. The van der Waals surface area contributed by atoms with Crippen molar-refractivity contribution in [2.75, 3.05) is 33.4 Å². The van der Waals surface area contributed by atoms with Gasteiger partial charge < -0.3 is 4.90 Å². The zero-order chi connectivity index (χ0) is 14.7. The second kappa shape index (κ2) is 6.56. The topological polar surface area (TPSA) is 49.6 Å². The van der Waals surface area contributed by atoms with Crippen LogP contribution in [0.2, 0.25) is 0 Å². The average molecular weight is 295 g/mol. The highest BCUT2D eigenvalue weighted by Crippen LogP contribution is 2.27. The van der Waals surface area contributed by atoms with Crippen LogP contribution in [0.15, 0.2) is 24.3 Å². The highest BCUT2D eigenvalue weighted by atomic mass is 32.2. The van der Waals surface area contributed by atoms with Crippen LogP contribution in [0.25, 0.3) is 0 Å². The molecule has 0 N–H and O–H groups in total. The minimum Gasteiger partial charge on any atom is -0.304 e. The Labute approximate surface area is 124 Å². The molecule has 0 spiro atoms. The quantitative estimate of drug-likeness (QED) is 0.615. The Hall–Kier alpha value is -1.11. The van der Waals surface area contributed by atoms with E-state index in [1.807, 2.05) is 23.9 Å². The summed E-state index contributed by atoms with van der Waals surface area (Å²) in [4.78, 5) is 15.3. The third-order valence-corrected chi connectivity index (χ3v) is 4.93. The fourth-order valence-corrected chi connectivity index (χ4v) is 3.76. The van der Waals surface area contributed by atoms with E-state index < -0.39 is 0 Å². The summed E-state index contributed by atoms with van der Waals surface area (Å²) in [7, 11) is 4.20. The molecule has 20 heavy (non-hydrogen) atoms. The van der Waals surface area contributed by atoms with E-state index in [0.29, 0.717) is 17.8 Å². The fourth-order valence-electron chi connectivity index (χ4n) is 2.75. The van der Waals surface area contributed by atoms with Crippen LogP contribution in [0.3, 0.4) is 0 Å². The molecule has 1 aromatic rings. The molecule has 1 fully saturated rings. The SMILES string of the molecule is CS[C@H]1CN(Cc2ccccc2[N+](=O)[O-])C[C@@H]1N(C)C. The van der Waals surface area contributed by atoms with Crippen molar-refractivity contribution in [1.82, 2.24) is 9.80 Å². The number of hydrogen-bond donors (Lipinski definition) is 0. The Balaban J connectivity index is 2.10. The minimum atomic E-state index is -0.291. The van der Waals surface area contributed by atoms with Crippen LogP contribution < -0.4 is 0 Å². The first kappa shape index (κ1) is 15.3. The van der Waals surface area contributed by atoms with Gasteiger partial charge in [0.1, 0.15) is 0 Å². The zero-order valence-electron chi connectivity index (χ0n) is 12.2. The number of nitro benzene ring substituents is 1. The van der Waals surface area contributed by atoms with Crippen LogP contribution in [0.5, 0.6) is 0 Å². The molecular formula is C14H21N3O2S. The minimum absolute atomic E-state index is 0.224. The van der Waals surface area contributed by atoms with Gasteiger partial charge in [-0.1, -0.05) is 18.2 Å². The maximum atomic E-state index is 11.1. The summed E-state index contributed by atoms with van der Waals surface area (Å²) < 4.78 is 0. The van der Waals surface area contributed by atoms with Gasteiger partial charge >= 0.3 is 0 Å². The van der Waals surface area contributed by atoms with Crippen molar-refractivity contribution < 1.29 is 4.92 Å². The number of para-hydroxylation sites is 1. The van der Waals surface area contributed by atoms with Crippen molar-refractivity contribution in [3.05, 3.63) is 39.9 Å². The smallest absolute Gasteiger partial charge is 0.273 e. The van der Waals surface area contributed by atoms with Gasteiger partial charge in [-0.3, -0.25) is 15.0 Å². The number of nitrogens with zero attached hydrogens (tertiary/aromatic N) is 3. The summed E-state index contributed by atoms with van der Waals surface area (Å²) in [6.45, 7) is 2.60. The molecule has 0 bridgehead atoms. The first-order valence-corrected chi connectivity index (χ1v) is 7.95.